The predicted octanol–water partition coefficient (Wildman–Crippen LogP) is 5.78. The van der Waals surface area contributed by atoms with Crippen LogP contribution in [0.2, 0.25) is 0 Å². The van der Waals surface area contributed by atoms with Gasteiger partial charge in [-0.15, -0.1) is 0 Å². The molecule has 0 radical (unpaired) electrons. The van der Waals surface area contributed by atoms with Crippen LogP contribution in [-0.2, 0) is 21.6 Å². The lowest BCUT2D eigenvalue weighted by atomic mass is 9.83. The van der Waals surface area contributed by atoms with Gasteiger partial charge in [0.1, 0.15) is 5.58 Å². The molecule has 2 amide bonds. The number of rotatable bonds is 7. The van der Waals surface area contributed by atoms with Crippen molar-refractivity contribution in [3.63, 3.8) is 0 Å². The summed E-state index contributed by atoms with van der Waals surface area (Å²) in [5, 5.41) is 0.367. The highest BCUT2D eigenvalue weighted by Gasteiger charge is 2.64. The topological polar surface area (TPSA) is 80.1 Å². The minimum atomic E-state index is -1.63. The van der Waals surface area contributed by atoms with Gasteiger partial charge >= 0.3 is 0 Å². The Hall–Kier alpha value is -4.23. The molecule has 0 saturated carbocycles. The van der Waals surface area contributed by atoms with Crippen molar-refractivity contribution in [1.82, 2.24) is 4.90 Å². The summed E-state index contributed by atoms with van der Waals surface area (Å²) in [6.45, 7) is 10.7. The molecule has 3 heterocycles. The lowest BCUT2D eigenvalue weighted by Crippen LogP contribution is -2.53. The van der Waals surface area contributed by atoms with Crippen molar-refractivity contribution >= 4 is 28.5 Å². The number of amides is 2. The summed E-state index contributed by atoms with van der Waals surface area (Å²) in [5.41, 5.74) is 3.71. The fourth-order valence-corrected chi connectivity index (χ4v) is 6.20. The van der Waals surface area contributed by atoms with Crippen LogP contribution in [0.5, 0.6) is 0 Å². The summed E-state index contributed by atoms with van der Waals surface area (Å²) in [7, 11) is 0. The Balaban J connectivity index is 1.59. The fraction of sp³-hybridized carbons (Fsp3) is 0.324. The molecule has 1 spiro atoms. The maximum Gasteiger partial charge on any atom is 0.291 e. The van der Waals surface area contributed by atoms with E-state index < -0.39 is 11.4 Å². The Morgan fingerprint density at radius 3 is 2.37 bits per heavy atom. The van der Waals surface area contributed by atoms with Gasteiger partial charge in [0, 0.05) is 18.7 Å². The third-order valence-corrected chi connectivity index (χ3v) is 8.42. The lowest BCUT2D eigenvalue weighted by Gasteiger charge is -2.34. The van der Waals surface area contributed by atoms with Crippen molar-refractivity contribution in [1.29, 1.82) is 0 Å². The highest BCUT2D eigenvalue weighted by Crippen LogP contribution is 2.53. The first-order valence-corrected chi connectivity index (χ1v) is 14.1. The third kappa shape index (κ3) is 4.02. The summed E-state index contributed by atoms with van der Waals surface area (Å²) in [4.78, 5) is 46.7. The Kier molecular flexibility index (Phi) is 6.57. The first-order valence-electron chi connectivity index (χ1n) is 14.1. The minimum absolute atomic E-state index is 0.0360. The van der Waals surface area contributed by atoms with Crippen molar-refractivity contribution in [2.75, 3.05) is 18.1 Å². The Bertz CT molecular complexity index is 1770. The van der Waals surface area contributed by atoms with Crippen LogP contribution in [-0.4, -0.2) is 36.0 Å². The number of para-hydroxylation sites is 1. The summed E-state index contributed by atoms with van der Waals surface area (Å²) in [5.74, 6) is -0.839. The van der Waals surface area contributed by atoms with Gasteiger partial charge in [0.25, 0.3) is 11.8 Å². The first-order chi connectivity index (χ1) is 19.7. The van der Waals surface area contributed by atoms with Gasteiger partial charge < -0.3 is 19.0 Å². The maximum absolute atomic E-state index is 14.9. The van der Waals surface area contributed by atoms with Crippen LogP contribution in [0, 0.1) is 20.8 Å². The van der Waals surface area contributed by atoms with Crippen molar-refractivity contribution in [3.8, 4) is 0 Å². The largest absolute Gasteiger partial charge is 0.450 e. The molecule has 2 aliphatic heterocycles. The Labute approximate surface area is 239 Å². The standard InChI is InChI=1S/C34H34N2O5/c1-20(2)40-16-10-15-36-32(38)31-29(30(37)25-17-22(4)23(5)18-28(25)41-31)34(36)26-13-8-9-14-27(26)35(33(34)39)19-24-12-7-6-11-21(24)3/h6-9,11-14,17-18,20H,10,15-16,19H2,1-5H3. The fourth-order valence-electron chi connectivity index (χ4n) is 6.20. The Morgan fingerprint density at radius 1 is 0.902 bits per heavy atom. The zero-order valence-corrected chi connectivity index (χ0v) is 24.1. The van der Waals surface area contributed by atoms with E-state index in [0.717, 1.165) is 22.3 Å². The second-order valence-corrected chi connectivity index (χ2v) is 11.3. The molecule has 0 saturated heterocycles. The zero-order chi connectivity index (χ0) is 29.1. The number of aryl methyl sites for hydroxylation is 3. The van der Waals surface area contributed by atoms with Crippen LogP contribution >= 0.6 is 0 Å². The van der Waals surface area contributed by atoms with Gasteiger partial charge in [0.2, 0.25) is 5.76 Å². The zero-order valence-electron chi connectivity index (χ0n) is 24.1. The van der Waals surface area contributed by atoms with Crippen LogP contribution in [0.4, 0.5) is 5.69 Å². The van der Waals surface area contributed by atoms with E-state index in [1.807, 2.05) is 83.1 Å². The summed E-state index contributed by atoms with van der Waals surface area (Å²) in [6.07, 6.45) is 0.535. The molecule has 2 aliphatic rings. The van der Waals surface area contributed by atoms with Crippen molar-refractivity contribution in [3.05, 3.63) is 110 Å². The molecule has 0 fully saturated rings. The van der Waals surface area contributed by atoms with Gasteiger partial charge in [-0.2, -0.15) is 0 Å². The number of carbonyl (C=O) groups is 2. The second kappa shape index (κ2) is 10.00. The maximum atomic E-state index is 14.9. The number of benzene rings is 3. The van der Waals surface area contributed by atoms with E-state index in [2.05, 4.69) is 0 Å². The van der Waals surface area contributed by atoms with Crippen molar-refractivity contribution < 1.29 is 18.7 Å². The third-order valence-electron chi connectivity index (χ3n) is 8.42. The molecular formula is C34H34N2O5. The molecule has 4 aromatic rings. The molecule has 210 valence electrons. The number of fused-ring (bicyclic) bond motifs is 5. The number of carbonyl (C=O) groups excluding carboxylic acids is 2. The van der Waals surface area contributed by atoms with E-state index in [9.17, 15) is 14.4 Å². The molecule has 1 atom stereocenters. The smallest absolute Gasteiger partial charge is 0.291 e. The van der Waals surface area contributed by atoms with Crippen LogP contribution in [0.1, 0.15) is 64.2 Å². The van der Waals surface area contributed by atoms with E-state index in [4.69, 9.17) is 9.15 Å². The SMILES string of the molecule is Cc1cc2oc3c(c(=O)c2cc1C)C1(C(=O)N(Cc2ccccc2C)c2ccccc21)N(CCCOC(C)C)C3=O. The number of hydrogen-bond acceptors (Lipinski definition) is 5. The highest BCUT2D eigenvalue weighted by molar-refractivity contribution is 6.17. The molecule has 3 aromatic carbocycles. The average molecular weight is 551 g/mol. The van der Waals surface area contributed by atoms with E-state index in [0.29, 0.717) is 41.8 Å². The van der Waals surface area contributed by atoms with E-state index in [-0.39, 0.29) is 35.3 Å². The van der Waals surface area contributed by atoms with Gasteiger partial charge in [-0.25, -0.2) is 0 Å². The molecule has 0 aliphatic carbocycles. The molecule has 6 rings (SSSR count). The van der Waals surface area contributed by atoms with E-state index in [1.165, 1.54) is 0 Å². The van der Waals surface area contributed by atoms with Crippen LogP contribution in [0.15, 0.2) is 69.9 Å². The van der Waals surface area contributed by atoms with Gasteiger partial charge in [-0.05, 0) is 81.5 Å². The number of ether oxygens (including phenoxy) is 1. The minimum Gasteiger partial charge on any atom is -0.450 e. The lowest BCUT2D eigenvalue weighted by molar-refractivity contribution is -0.126. The number of hydrogen-bond donors (Lipinski definition) is 0. The molecule has 7 nitrogen and oxygen atoms in total. The van der Waals surface area contributed by atoms with Gasteiger partial charge in [0.05, 0.1) is 29.3 Å². The molecule has 7 heteroatoms. The second-order valence-electron chi connectivity index (χ2n) is 11.3. The highest BCUT2D eigenvalue weighted by atomic mass is 16.5. The molecule has 1 unspecified atom stereocenters. The first kappa shape index (κ1) is 27.0. The van der Waals surface area contributed by atoms with Crippen LogP contribution < -0.4 is 10.3 Å². The number of nitrogens with zero attached hydrogens (tertiary/aromatic N) is 2. The molecule has 0 bridgehead atoms. The molecular weight excluding hydrogens is 516 g/mol. The number of anilines is 1. The van der Waals surface area contributed by atoms with Gasteiger partial charge in [-0.3, -0.25) is 14.4 Å². The molecule has 1 aromatic heterocycles. The van der Waals surface area contributed by atoms with Crippen molar-refractivity contribution in [2.45, 2.75) is 59.2 Å². The van der Waals surface area contributed by atoms with Gasteiger partial charge in [0.15, 0.2) is 11.0 Å². The van der Waals surface area contributed by atoms with Crippen LogP contribution in [0.3, 0.4) is 0 Å². The van der Waals surface area contributed by atoms with Crippen molar-refractivity contribution in [2.24, 2.45) is 0 Å². The Morgan fingerprint density at radius 2 is 1.61 bits per heavy atom. The van der Waals surface area contributed by atoms with E-state index >= 15 is 0 Å². The normalized spacial score (nSPS) is 17.8. The van der Waals surface area contributed by atoms with E-state index in [1.54, 1.807) is 21.9 Å². The predicted molar refractivity (Wildman–Crippen MR) is 158 cm³/mol. The van der Waals surface area contributed by atoms with Gasteiger partial charge in [-0.1, -0.05) is 42.5 Å². The average Bonchev–Trinajstić information content (AvgIpc) is 3.33. The molecule has 41 heavy (non-hydrogen) atoms. The summed E-state index contributed by atoms with van der Waals surface area (Å²) in [6, 6.07) is 19.0. The quantitative estimate of drug-likeness (QED) is 0.273. The van der Waals surface area contributed by atoms with Crippen LogP contribution in [0.25, 0.3) is 11.0 Å². The monoisotopic (exact) mass is 550 g/mol. The summed E-state index contributed by atoms with van der Waals surface area (Å²) < 4.78 is 12.0. The summed E-state index contributed by atoms with van der Waals surface area (Å²) >= 11 is 0. The molecule has 0 N–H and O–H groups in total.